The highest BCUT2D eigenvalue weighted by Gasteiger charge is 2.05. The molecule has 4 nitrogen and oxygen atoms in total. The van der Waals surface area contributed by atoms with Crippen molar-refractivity contribution < 1.29 is 4.74 Å². The average Bonchev–Trinajstić information content (AvgIpc) is 2.37. The van der Waals surface area contributed by atoms with Gasteiger partial charge < -0.3 is 9.72 Å². The first-order valence-corrected chi connectivity index (χ1v) is 6.92. The normalized spacial score (nSPS) is 11.1. The van der Waals surface area contributed by atoms with Crippen LogP contribution in [-0.4, -0.2) is 22.8 Å². The molecule has 0 aliphatic rings. The summed E-state index contributed by atoms with van der Waals surface area (Å²) in [5, 5.41) is 1.17. The van der Waals surface area contributed by atoms with Gasteiger partial charge in [0.1, 0.15) is 0 Å². The van der Waals surface area contributed by atoms with Gasteiger partial charge in [-0.1, -0.05) is 11.6 Å². The summed E-state index contributed by atoms with van der Waals surface area (Å²) in [5.41, 5.74) is 0.579. The Morgan fingerprint density at radius 1 is 1.47 bits per heavy atom. The van der Waals surface area contributed by atoms with E-state index in [-0.39, 0.29) is 5.56 Å². The number of nitrogens with zero attached hydrogens (tertiary/aromatic N) is 1. The maximum absolute atomic E-state index is 12.3. The number of aromatic amines is 1. The van der Waals surface area contributed by atoms with Crippen LogP contribution in [0, 0.1) is 4.77 Å². The number of hydrogen-bond donors (Lipinski definition) is 1. The molecule has 1 aromatic carbocycles. The Kier molecular flexibility index (Phi) is 4.74. The van der Waals surface area contributed by atoms with E-state index in [0.29, 0.717) is 40.5 Å². The fourth-order valence-corrected chi connectivity index (χ4v) is 2.36. The van der Waals surface area contributed by atoms with Crippen LogP contribution in [0.25, 0.3) is 10.9 Å². The van der Waals surface area contributed by atoms with Crippen LogP contribution in [-0.2, 0) is 11.3 Å². The van der Waals surface area contributed by atoms with Crippen molar-refractivity contribution >= 4 is 34.7 Å². The fraction of sp³-hybridized carbons (Fsp3) is 0.385. The number of fused-ring (bicyclic) bond motifs is 1. The average molecular weight is 299 g/mol. The molecule has 0 unspecified atom stereocenters. The quantitative estimate of drug-likeness (QED) is 0.681. The molecular weight excluding hydrogens is 284 g/mol. The Morgan fingerprint density at radius 2 is 2.26 bits per heavy atom. The number of H-pyrrole nitrogens is 1. The number of halogens is 1. The van der Waals surface area contributed by atoms with E-state index in [2.05, 4.69) is 4.98 Å². The van der Waals surface area contributed by atoms with Crippen molar-refractivity contribution in [3.63, 3.8) is 0 Å². The highest BCUT2D eigenvalue weighted by atomic mass is 35.5. The molecule has 0 saturated heterocycles. The first kappa shape index (κ1) is 14.2. The van der Waals surface area contributed by atoms with E-state index in [1.807, 2.05) is 6.92 Å². The molecule has 0 fully saturated rings. The molecule has 0 radical (unpaired) electrons. The lowest BCUT2D eigenvalue weighted by molar-refractivity contribution is 0.141. The zero-order valence-electron chi connectivity index (χ0n) is 10.6. The molecule has 102 valence electrons. The molecule has 1 aromatic heterocycles. The largest absolute Gasteiger partial charge is 0.382 e. The van der Waals surface area contributed by atoms with E-state index >= 15 is 0 Å². The van der Waals surface area contributed by atoms with Gasteiger partial charge in [0.05, 0.1) is 10.9 Å². The van der Waals surface area contributed by atoms with E-state index in [1.54, 1.807) is 22.8 Å². The van der Waals surface area contributed by atoms with Gasteiger partial charge in [0.25, 0.3) is 5.56 Å². The predicted octanol–water partition coefficient (Wildman–Crippen LogP) is 3.14. The van der Waals surface area contributed by atoms with Crippen LogP contribution < -0.4 is 5.56 Å². The van der Waals surface area contributed by atoms with E-state index in [9.17, 15) is 4.79 Å². The Hall–Kier alpha value is -1.17. The van der Waals surface area contributed by atoms with Crippen LogP contribution in [0.1, 0.15) is 13.3 Å². The summed E-state index contributed by atoms with van der Waals surface area (Å²) in [6, 6.07) is 5.12. The van der Waals surface area contributed by atoms with E-state index in [1.165, 1.54) is 0 Å². The molecule has 0 atom stereocenters. The Bertz CT molecular complexity index is 693. The van der Waals surface area contributed by atoms with Gasteiger partial charge in [0, 0.05) is 24.8 Å². The number of rotatable bonds is 5. The van der Waals surface area contributed by atoms with E-state index in [4.69, 9.17) is 28.6 Å². The Morgan fingerprint density at radius 3 is 3.00 bits per heavy atom. The van der Waals surface area contributed by atoms with Gasteiger partial charge in [-0.15, -0.1) is 0 Å². The van der Waals surface area contributed by atoms with Gasteiger partial charge >= 0.3 is 0 Å². The second-order valence-corrected chi connectivity index (χ2v) is 4.95. The molecule has 0 amide bonds. The lowest BCUT2D eigenvalue weighted by Crippen LogP contribution is -2.23. The first-order chi connectivity index (χ1) is 9.13. The highest BCUT2D eigenvalue weighted by Crippen LogP contribution is 2.14. The molecule has 0 spiro atoms. The summed E-state index contributed by atoms with van der Waals surface area (Å²) in [7, 11) is 0. The van der Waals surface area contributed by atoms with E-state index in [0.717, 1.165) is 6.42 Å². The smallest absolute Gasteiger partial charge is 0.262 e. The van der Waals surface area contributed by atoms with Crippen molar-refractivity contribution in [1.29, 1.82) is 0 Å². The molecule has 1 heterocycles. The lowest BCUT2D eigenvalue weighted by atomic mass is 10.2. The summed E-state index contributed by atoms with van der Waals surface area (Å²) >= 11 is 11.1. The molecule has 0 saturated carbocycles. The van der Waals surface area contributed by atoms with Crippen molar-refractivity contribution in [3.05, 3.63) is 38.3 Å². The van der Waals surface area contributed by atoms with Gasteiger partial charge in [-0.25, -0.2) is 0 Å². The monoisotopic (exact) mass is 298 g/mol. The maximum Gasteiger partial charge on any atom is 0.262 e. The second-order valence-electron chi connectivity index (χ2n) is 4.13. The molecule has 6 heteroatoms. The SMILES string of the molecule is CCOCCCn1c(=S)[nH]c2cc(Cl)ccc2c1=O. The fourth-order valence-electron chi connectivity index (χ4n) is 1.90. The van der Waals surface area contributed by atoms with Crippen LogP contribution in [0.5, 0.6) is 0 Å². The van der Waals surface area contributed by atoms with E-state index < -0.39 is 0 Å². The molecule has 0 bridgehead atoms. The van der Waals surface area contributed by atoms with Crippen LogP contribution in [0.15, 0.2) is 23.0 Å². The standard InChI is InChI=1S/C13H15ClN2O2S/c1-2-18-7-3-6-16-12(17)10-5-4-9(14)8-11(10)15-13(16)19/h4-5,8H,2-3,6-7H2,1H3,(H,15,19). The summed E-state index contributed by atoms with van der Waals surface area (Å²) < 4.78 is 7.23. The van der Waals surface area contributed by atoms with Gasteiger partial charge in [-0.2, -0.15) is 0 Å². The summed E-state index contributed by atoms with van der Waals surface area (Å²) in [4.78, 5) is 15.4. The van der Waals surface area contributed by atoms with Gasteiger partial charge in [-0.05, 0) is 43.8 Å². The number of aromatic nitrogens is 2. The van der Waals surface area contributed by atoms with Crippen LogP contribution in [0.4, 0.5) is 0 Å². The third-order valence-corrected chi connectivity index (χ3v) is 3.38. The number of ether oxygens (including phenoxy) is 1. The van der Waals surface area contributed by atoms with Gasteiger partial charge in [0.2, 0.25) is 0 Å². The Balaban J connectivity index is 2.37. The molecule has 1 N–H and O–H groups in total. The minimum absolute atomic E-state index is 0.0908. The summed E-state index contributed by atoms with van der Waals surface area (Å²) in [6.45, 7) is 3.79. The topological polar surface area (TPSA) is 47.0 Å². The van der Waals surface area contributed by atoms with Gasteiger partial charge in [0.15, 0.2) is 4.77 Å². The maximum atomic E-state index is 12.3. The zero-order chi connectivity index (χ0) is 13.8. The Labute approximate surface area is 121 Å². The molecule has 19 heavy (non-hydrogen) atoms. The lowest BCUT2D eigenvalue weighted by Gasteiger charge is -2.08. The number of hydrogen-bond acceptors (Lipinski definition) is 3. The van der Waals surface area contributed by atoms with Crippen molar-refractivity contribution in [3.8, 4) is 0 Å². The van der Waals surface area contributed by atoms with Crippen molar-refractivity contribution in [2.75, 3.05) is 13.2 Å². The van der Waals surface area contributed by atoms with Crippen LogP contribution in [0.3, 0.4) is 0 Å². The first-order valence-electron chi connectivity index (χ1n) is 6.13. The molecule has 0 aliphatic heterocycles. The van der Waals surface area contributed by atoms with Crippen LogP contribution in [0.2, 0.25) is 5.02 Å². The van der Waals surface area contributed by atoms with Crippen LogP contribution >= 0.6 is 23.8 Å². The van der Waals surface area contributed by atoms with Crippen molar-refractivity contribution in [2.24, 2.45) is 0 Å². The zero-order valence-corrected chi connectivity index (χ0v) is 12.2. The molecule has 0 aliphatic carbocycles. The van der Waals surface area contributed by atoms with Gasteiger partial charge in [-0.3, -0.25) is 9.36 Å². The van der Waals surface area contributed by atoms with Crippen molar-refractivity contribution in [2.45, 2.75) is 19.9 Å². The predicted molar refractivity (Wildman–Crippen MR) is 79.5 cm³/mol. The number of nitrogens with one attached hydrogen (secondary N) is 1. The number of benzene rings is 1. The summed E-state index contributed by atoms with van der Waals surface area (Å²) in [5.74, 6) is 0. The molecular formula is C13H15ClN2O2S. The third-order valence-electron chi connectivity index (χ3n) is 2.82. The highest BCUT2D eigenvalue weighted by molar-refractivity contribution is 7.71. The minimum atomic E-state index is -0.0908. The third kappa shape index (κ3) is 3.23. The molecule has 2 aromatic rings. The van der Waals surface area contributed by atoms with Crippen molar-refractivity contribution in [1.82, 2.24) is 9.55 Å². The minimum Gasteiger partial charge on any atom is -0.382 e. The second kappa shape index (κ2) is 6.32. The molecule has 2 rings (SSSR count). The summed E-state index contributed by atoms with van der Waals surface area (Å²) in [6.07, 6.45) is 0.754.